The van der Waals surface area contributed by atoms with Crippen LogP contribution in [0.5, 0.6) is 5.75 Å². The van der Waals surface area contributed by atoms with Gasteiger partial charge in [0.1, 0.15) is 11.0 Å². The van der Waals surface area contributed by atoms with Crippen molar-refractivity contribution in [2.45, 2.75) is 82.3 Å². The van der Waals surface area contributed by atoms with Crippen molar-refractivity contribution in [3.05, 3.63) is 23.3 Å². The van der Waals surface area contributed by atoms with Crippen LogP contribution in [0.3, 0.4) is 0 Å². The van der Waals surface area contributed by atoms with Crippen molar-refractivity contribution in [1.29, 1.82) is 0 Å². The minimum atomic E-state index is -0.778. The summed E-state index contributed by atoms with van der Waals surface area (Å²) >= 11 is 1.38. The van der Waals surface area contributed by atoms with E-state index >= 15 is 0 Å². The molecule has 4 heteroatoms. The first-order valence-corrected chi connectivity index (χ1v) is 9.03. The van der Waals surface area contributed by atoms with Gasteiger partial charge < -0.3 is 10.2 Å². The second kappa shape index (κ2) is 7.16. The number of phenols is 1. The SMILES string of the molecule is CCC[C@@H](Sc1cc(C(C)(C)C)c(O)c(C(C)(C)C)c1)C(=O)O. The number of benzene rings is 1. The van der Waals surface area contributed by atoms with Gasteiger partial charge in [-0.3, -0.25) is 4.79 Å². The lowest BCUT2D eigenvalue weighted by Gasteiger charge is -2.28. The fourth-order valence-corrected chi connectivity index (χ4v) is 3.63. The lowest BCUT2D eigenvalue weighted by molar-refractivity contribution is -0.136. The van der Waals surface area contributed by atoms with Crippen LogP contribution in [0.2, 0.25) is 0 Å². The topological polar surface area (TPSA) is 57.5 Å². The van der Waals surface area contributed by atoms with Gasteiger partial charge in [0, 0.05) is 16.0 Å². The van der Waals surface area contributed by atoms with E-state index in [2.05, 4.69) is 41.5 Å². The maximum Gasteiger partial charge on any atom is 0.316 e. The Hall–Kier alpha value is -1.16. The van der Waals surface area contributed by atoms with Crippen molar-refractivity contribution in [3.63, 3.8) is 0 Å². The van der Waals surface area contributed by atoms with Crippen LogP contribution in [0, 0.1) is 0 Å². The normalized spacial score (nSPS) is 13.9. The largest absolute Gasteiger partial charge is 0.507 e. The van der Waals surface area contributed by atoms with Crippen LogP contribution in [0.15, 0.2) is 17.0 Å². The molecule has 1 aromatic rings. The standard InChI is InChI=1S/C19H30O3S/c1-8-9-15(17(21)22)23-12-10-13(18(2,3)4)16(20)14(11-12)19(5,6)7/h10-11,15,20H,8-9H2,1-7H3,(H,21,22)/t15-/m1/s1. The van der Waals surface area contributed by atoms with E-state index in [0.717, 1.165) is 22.4 Å². The average molecular weight is 339 g/mol. The van der Waals surface area contributed by atoms with Gasteiger partial charge in [-0.1, -0.05) is 54.9 Å². The summed E-state index contributed by atoms with van der Waals surface area (Å²) in [6.07, 6.45) is 1.47. The Morgan fingerprint density at radius 1 is 1.09 bits per heavy atom. The molecule has 0 aromatic heterocycles. The number of aliphatic carboxylic acids is 1. The summed E-state index contributed by atoms with van der Waals surface area (Å²) in [6.45, 7) is 14.3. The third-order valence-electron chi connectivity index (χ3n) is 3.80. The van der Waals surface area contributed by atoms with E-state index in [0.29, 0.717) is 12.2 Å². The minimum absolute atomic E-state index is 0.204. The molecular formula is C19H30O3S. The first-order chi connectivity index (χ1) is 10.4. The van der Waals surface area contributed by atoms with Gasteiger partial charge in [0.15, 0.2) is 0 Å². The van der Waals surface area contributed by atoms with Gasteiger partial charge >= 0.3 is 5.97 Å². The first-order valence-electron chi connectivity index (χ1n) is 8.15. The smallest absolute Gasteiger partial charge is 0.316 e. The van der Waals surface area contributed by atoms with Gasteiger partial charge in [-0.05, 0) is 29.4 Å². The Kier molecular flexibility index (Phi) is 6.19. The predicted molar refractivity (Wildman–Crippen MR) is 97.7 cm³/mol. The third kappa shape index (κ3) is 5.17. The number of carbonyl (C=O) groups is 1. The van der Waals surface area contributed by atoms with Crippen LogP contribution in [-0.4, -0.2) is 21.4 Å². The van der Waals surface area contributed by atoms with E-state index in [4.69, 9.17) is 0 Å². The monoisotopic (exact) mass is 338 g/mol. The molecule has 0 unspecified atom stereocenters. The molecule has 0 spiro atoms. The van der Waals surface area contributed by atoms with Crippen LogP contribution >= 0.6 is 11.8 Å². The van der Waals surface area contributed by atoms with Gasteiger partial charge in [0.2, 0.25) is 0 Å². The minimum Gasteiger partial charge on any atom is -0.507 e. The van der Waals surface area contributed by atoms with E-state index < -0.39 is 11.2 Å². The number of phenolic OH excluding ortho intramolecular Hbond substituents is 1. The molecule has 23 heavy (non-hydrogen) atoms. The van der Waals surface area contributed by atoms with Crippen molar-refractivity contribution in [1.82, 2.24) is 0 Å². The summed E-state index contributed by atoms with van der Waals surface area (Å²) in [6, 6.07) is 3.89. The Bertz CT molecular complexity index is 530. The van der Waals surface area contributed by atoms with Crippen LogP contribution in [-0.2, 0) is 15.6 Å². The summed E-state index contributed by atoms with van der Waals surface area (Å²) in [4.78, 5) is 12.4. The van der Waals surface area contributed by atoms with Crippen LogP contribution in [0.1, 0.15) is 72.4 Å². The second-order valence-corrected chi connectivity index (χ2v) is 9.38. The zero-order valence-corrected chi connectivity index (χ0v) is 16.2. The molecule has 0 amide bonds. The molecule has 130 valence electrons. The zero-order chi connectivity index (χ0) is 18.0. The highest BCUT2D eigenvalue weighted by molar-refractivity contribution is 8.00. The van der Waals surface area contributed by atoms with E-state index in [1.807, 2.05) is 19.1 Å². The first kappa shape index (κ1) is 19.9. The summed E-state index contributed by atoms with van der Waals surface area (Å²) in [5.74, 6) is -0.448. The van der Waals surface area contributed by atoms with Crippen molar-refractivity contribution < 1.29 is 15.0 Å². The highest BCUT2D eigenvalue weighted by Crippen LogP contribution is 2.42. The van der Waals surface area contributed by atoms with E-state index in [9.17, 15) is 15.0 Å². The molecule has 0 fully saturated rings. The van der Waals surface area contributed by atoms with Crippen molar-refractivity contribution >= 4 is 17.7 Å². The summed E-state index contributed by atoms with van der Waals surface area (Å²) < 4.78 is 0. The molecule has 0 radical (unpaired) electrons. The number of carboxylic acid groups (broad SMARTS) is 1. The molecule has 0 aliphatic rings. The lowest BCUT2D eigenvalue weighted by atomic mass is 9.79. The Balaban J connectivity index is 3.41. The number of rotatable bonds is 5. The second-order valence-electron chi connectivity index (χ2n) is 8.10. The van der Waals surface area contributed by atoms with Crippen LogP contribution in [0.25, 0.3) is 0 Å². The quantitative estimate of drug-likeness (QED) is 0.712. The Labute approximate surface area is 144 Å². The molecule has 1 aromatic carbocycles. The number of thioether (sulfide) groups is 1. The molecule has 0 bridgehead atoms. The lowest BCUT2D eigenvalue weighted by Crippen LogP contribution is -2.19. The highest BCUT2D eigenvalue weighted by Gasteiger charge is 2.28. The van der Waals surface area contributed by atoms with Gasteiger partial charge in [0.25, 0.3) is 0 Å². The van der Waals surface area contributed by atoms with Gasteiger partial charge in [-0.15, -0.1) is 11.8 Å². The van der Waals surface area contributed by atoms with Gasteiger partial charge in [-0.2, -0.15) is 0 Å². The highest BCUT2D eigenvalue weighted by atomic mass is 32.2. The molecular weight excluding hydrogens is 308 g/mol. The molecule has 0 saturated heterocycles. The summed E-state index contributed by atoms with van der Waals surface area (Å²) in [5.41, 5.74) is 1.33. The molecule has 2 N–H and O–H groups in total. The van der Waals surface area contributed by atoms with Crippen molar-refractivity contribution in [2.24, 2.45) is 0 Å². The van der Waals surface area contributed by atoms with E-state index in [1.165, 1.54) is 11.8 Å². The molecule has 1 rings (SSSR count). The molecule has 0 heterocycles. The Morgan fingerprint density at radius 3 is 1.83 bits per heavy atom. The van der Waals surface area contributed by atoms with Crippen LogP contribution < -0.4 is 0 Å². The molecule has 0 aliphatic carbocycles. The fraction of sp³-hybridized carbons (Fsp3) is 0.632. The van der Waals surface area contributed by atoms with Gasteiger partial charge in [-0.25, -0.2) is 0 Å². The number of hydrogen-bond acceptors (Lipinski definition) is 3. The fourth-order valence-electron chi connectivity index (χ4n) is 2.48. The van der Waals surface area contributed by atoms with Crippen LogP contribution in [0.4, 0.5) is 0 Å². The van der Waals surface area contributed by atoms with Crippen molar-refractivity contribution in [3.8, 4) is 5.75 Å². The van der Waals surface area contributed by atoms with Crippen molar-refractivity contribution in [2.75, 3.05) is 0 Å². The third-order valence-corrected chi connectivity index (χ3v) is 5.03. The van der Waals surface area contributed by atoms with E-state index in [-0.39, 0.29) is 10.8 Å². The van der Waals surface area contributed by atoms with E-state index in [1.54, 1.807) is 0 Å². The molecule has 0 aliphatic heterocycles. The maximum absolute atomic E-state index is 11.5. The number of aromatic hydroxyl groups is 1. The number of carboxylic acids is 1. The molecule has 3 nitrogen and oxygen atoms in total. The number of hydrogen-bond donors (Lipinski definition) is 2. The van der Waals surface area contributed by atoms with Gasteiger partial charge in [0.05, 0.1) is 0 Å². The molecule has 0 saturated carbocycles. The average Bonchev–Trinajstić information content (AvgIpc) is 2.37. The summed E-state index contributed by atoms with van der Waals surface area (Å²) in [7, 11) is 0. The summed E-state index contributed by atoms with van der Waals surface area (Å²) in [5, 5.41) is 19.7. The maximum atomic E-state index is 11.5. The molecule has 1 atom stereocenters. The Morgan fingerprint density at radius 2 is 1.52 bits per heavy atom. The zero-order valence-electron chi connectivity index (χ0n) is 15.4. The predicted octanol–water partition coefficient (Wildman–Crippen LogP) is 5.33.